The fourth-order valence-electron chi connectivity index (χ4n) is 2.51. The molecule has 0 aliphatic carbocycles. The molecule has 3 N–H and O–H groups in total. The molecule has 0 aliphatic rings. The predicted octanol–water partition coefficient (Wildman–Crippen LogP) is 2.33. The number of aromatic nitrogens is 5. The highest BCUT2D eigenvalue weighted by atomic mass is 16.4. The van der Waals surface area contributed by atoms with Crippen molar-refractivity contribution in [1.29, 1.82) is 0 Å². The van der Waals surface area contributed by atoms with Crippen LogP contribution in [0.2, 0.25) is 0 Å². The van der Waals surface area contributed by atoms with Crippen molar-refractivity contribution in [3.63, 3.8) is 0 Å². The maximum atomic E-state index is 11.2. The lowest BCUT2D eigenvalue weighted by atomic mass is 10.0. The van der Waals surface area contributed by atoms with Gasteiger partial charge in [-0.2, -0.15) is 0 Å². The number of aromatic amines is 1. The van der Waals surface area contributed by atoms with Crippen LogP contribution < -0.4 is 11.5 Å². The van der Waals surface area contributed by atoms with E-state index in [1.807, 2.05) is 19.9 Å². The van der Waals surface area contributed by atoms with E-state index < -0.39 is 5.76 Å². The number of hydrogen-bond acceptors (Lipinski definition) is 8. The van der Waals surface area contributed by atoms with Crippen LogP contribution in [0.25, 0.3) is 33.7 Å². The molecule has 0 amide bonds. The molecule has 0 spiro atoms. The second kappa shape index (κ2) is 5.55. The van der Waals surface area contributed by atoms with Crippen molar-refractivity contribution in [2.45, 2.75) is 19.8 Å². The average molecular weight is 338 g/mol. The van der Waals surface area contributed by atoms with Gasteiger partial charge in [-0.3, -0.25) is 0 Å². The van der Waals surface area contributed by atoms with Crippen LogP contribution >= 0.6 is 0 Å². The highest BCUT2D eigenvalue weighted by molar-refractivity contribution is 6.00. The molecule has 0 aliphatic heterocycles. The summed E-state index contributed by atoms with van der Waals surface area (Å²) in [4.78, 5) is 15.4. The minimum Gasteiger partial charge on any atom is -0.420 e. The quantitative estimate of drug-likeness (QED) is 0.580. The number of H-pyrrole nitrogens is 1. The van der Waals surface area contributed by atoms with Gasteiger partial charge in [0.05, 0.1) is 5.56 Å². The number of nitrogens with zero attached hydrogens (tertiary/aromatic N) is 4. The Morgan fingerprint density at radius 2 is 2.00 bits per heavy atom. The first-order chi connectivity index (χ1) is 12.0. The van der Waals surface area contributed by atoms with Crippen molar-refractivity contribution in [2.24, 2.45) is 0 Å². The van der Waals surface area contributed by atoms with Gasteiger partial charge in [0.25, 0.3) is 5.89 Å². The summed E-state index contributed by atoms with van der Waals surface area (Å²) >= 11 is 0. The summed E-state index contributed by atoms with van der Waals surface area (Å²) in [6.45, 7) is 3.92. The topological polar surface area (TPSA) is 137 Å². The Balaban J connectivity index is 1.95. The largest absolute Gasteiger partial charge is 0.434 e. The zero-order chi connectivity index (χ0) is 17.6. The van der Waals surface area contributed by atoms with E-state index in [0.717, 1.165) is 10.8 Å². The molecule has 4 aromatic rings. The molecular formula is C16H14N6O3. The smallest absolute Gasteiger partial charge is 0.420 e. The molecule has 126 valence electrons. The third kappa shape index (κ3) is 2.55. The monoisotopic (exact) mass is 338 g/mol. The van der Waals surface area contributed by atoms with Gasteiger partial charge in [-0.1, -0.05) is 19.9 Å². The number of rotatable bonds is 3. The molecular weight excluding hydrogens is 324 g/mol. The molecule has 1 aromatic carbocycles. The number of fused-ring (bicyclic) bond motifs is 1. The van der Waals surface area contributed by atoms with Gasteiger partial charge >= 0.3 is 5.76 Å². The van der Waals surface area contributed by atoms with Gasteiger partial charge in [0.2, 0.25) is 11.8 Å². The van der Waals surface area contributed by atoms with Gasteiger partial charge < -0.3 is 14.6 Å². The highest BCUT2D eigenvalue weighted by Crippen LogP contribution is 2.34. The zero-order valence-corrected chi connectivity index (χ0v) is 13.5. The standard InChI is InChI=1S/C16H14N6O3/c1-7(2)13-19-21-15(24-13)11-10-5-8(14-20-22-16(23)25-14)3-4-9(10)6-18-12(11)17/h3-7H,1-2H3,(H2,17,18)(H,22,23). The van der Waals surface area contributed by atoms with Crippen LogP contribution in [0.4, 0.5) is 5.82 Å². The molecule has 4 rings (SSSR count). The second-order valence-electron chi connectivity index (χ2n) is 5.84. The summed E-state index contributed by atoms with van der Waals surface area (Å²) in [6.07, 6.45) is 1.65. The molecule has 9 heteroatoms. The minimum absolute atomic E-state index is 0.0966. The Hall–Kier alpha value is -3.49. The summed E-state index contributed by atoms with van der Waals surface area (Å²) in [5, 5.41) is 15.8. The van der Waals surface area contributed by atoms with Gasteiger partial charge in [-0.25, -0.2) is 14.9 Å². The third-order valence-corrected chi connectivity index (χ3v) is 3.75. The molecule has 3 aromatic heterocycles. The molecule has 0 bridgehead atoms. The van der Waals surface area contributed by atoms with E-state index in [2.05, 4.69) is 25.4 Å². The third-order valence-electron chi connectivity index (χ3n) is 3.75. The van der Waals surface area contributed by atoms with Crippen LogP contribution in [-0.2, 0) is 0 Å². The van der Waals surface area contributed by atoms with Crippen LogP contribution in [0, 0.1) is 0 Å². The average Bonchev–Trinajstić information content (AvgIpc) is 3.23. The SMILES string of the molecule is CC(C)c1nnc(-c2c(N)ncc3ccc(-c4n[nH]c(=O)o4)cc23)o1. The van der Waals surface area contributed by atoms with E-state index in [0.29, 0.717) is 22.9 Å². The molecule has 25 heavy (non-hydrogen) atoms. The first kappa shape index (κ1) is 15.1. The van der Waals surface area contributed by atoms with Crippen LogP contribution in [-0.4, -0.2) is 25.4 Å². The lowest BCUT2D eigenvalue weighted by Gasteiger charge is -2.07. The van der Waals surface area contributed by atoms with Crippen LogP contribution in [0.1, 0.15) is 25.7 Å². The van der Waals surface area contributed by atoms with Gasteiger partial charge in [-0.15, -0.1) is 15.3 Å². The Bertz CT molecular complexity index is 1120. The number of nitrogens with one attached hydrogen (secondary N) is 1. The van der Waals surface area contributed by atoms with Gasteiger partial charge in [0.15, 0.2) is 0 Å². The number of nitrogens with two attached hydrogens (primary N) is 1. The van der Waals surface area contributed by atoms with Gasteiger partial charge in [0.1, 0.15) is 5.82 Å². The molecule has 0 saturated heterocycles. The normalized spacial score (nSPS) is 11.5. The van der Waals surface area contributed by atoms with Crippen molar-refractivity contribution in [3.05, 3.63) is 40.8 Å². The van der Waals surface area contributed by atoms with E-state index >= 15 is 0 Å². The Labute approximate surface area is 140 Å². The van der Waals surface area contributed by atoms with Crippen molar-refractivity contribution < 1.29 is 8.83 Å². The lowest BCUT2D eigenvalue weighted by Crippen LogP contribution is -1.96. The molecule has 9 nitrogen and oxygen atoms in total. The van der Waals surface area contributed by atoms with Crippen molar-refractivity contribution in [3.8, 4) is 22.9 Å². The van der Waals surface area contributed by atoms with Crippen LogP contribution in [0.3, 0.4) is 0 Å². The predicted molar refractivity (Wildman–Crippen MR) is 89.7 cm³/mol. The molecule has 0 saturated carbocycles. The van der Waals surface area contributed by atoms with E-state index in [1.165, 1.54) is 0 Å². The van der Waals surface area contributed by atoms with Crippen molar-refractivity contribution in [1.82, 2.24) is 25.4 Å². The fraction of sp³-hybridized carbons (Fsp3) is 0.188. The highest BCUT2D eigenvalue weighted by Gasteiger charge is 2.18. The minimum atomic E-state index is -0.622. The molecule has 0 radical (unpaired) electrons. The Kier molecular flexibility index (Phi) is 3.34. The van der Waals surface area contributed by atoms with E-state index in [9.17, 15) is 4.79 Å². The zero-order valence-electron chi connectivity index (χ0n) is 13.5. The number of pyridine rings is 1. The second-order valence-corrected chi connectivity index (χ2v) is 5.84. The maximum Gasteiger partial charge on any atom is 0.434 e. The molecule has 0 atom stereocenters. The van der Waals surface area contributed by atoms with Gasteiger partial charge in [0, 0.05) is 28.5 Å². The molecule has 0 fully saturated rings. The maximum absolute atomic E-state index is 11.2. The first-order valence-electron chi connectivity index (χ1n) is 7.61. The first-order valence-corrected chi connectivity index (χ1v) is 7.61. The van der Waals surface area contributed by atoms with E-state index in [1.54, 1.807) is 18.3 Å². The number of hydrogen-bond donors (Lipinski definition) is 2. The van der Waals surface area contributed by atoms with E-state index in [-0.39, 0.29) is 17.6 Å². The van der Waals surface area contributed by atoms with Crippen molar-refractivity contribution >= 4 is 16.6 Å². The molecule has 0 unspecified atom stereocenters. The van der Waals surface area contributed by atoms with E-state index in [4.69, 9.17) is 14.6 Å². The Morgan fingerprint density at radius 3 is 2.68 bits per heavy atom. The summed E-state index contributed by atoms with van der Waals surface area (Å²) in [6, 6.07) is 5.40. The summed E-state index contributed by atoms with van der Waals surface area (Å²) in [5.74, 6) is 0.733. The van der Waals surface area contributed by atoms with Gasteiger partial charge in [-0.05, 0) is 12.1 Å². The number of benzene rings is 1. The number of anilines is 1. The number of nitrogen functional groups attached to an aromatic ring is 1. The molecule has 3 heterocycles. The van der Waals surface area contributed by atoms with Crippen LogP contribution in [0.15, 0.2) is 38.0 Å². The lowest BCUT2D eigenvalue weighted by molar-refractivity contribution is 0.481. The fourth-order valence-corrected chi connectivity index (χ4v) is 2.51. The summed E-state index contributed by atoms with van der Waals surface area (Å²) < 4.78 is 10.7. The Morgan fingerprint density at radius 1 is 1.16 bits per heavy atom. The summed E-state index contributed by atoms with van der Waals surface area (Å²) in [5.41, 5.74) is 7.21. The summed E-state index contributed by atoms with van der Waals surface area (Å²) in [7, 11) is 0. The van der Waals surface area contributed by atoms with Crippen LogP contribution in [0.5, 0.6) is 0 Å². The van der Waals surface area contributed by atoms with Crippen molar-refractivity contribution in [2.75, 3.05) is 5.73 Å².